The van der Waals surface area contributed by atoms with Gasteiger partial charge in [0.2, 0.25) is 0 Å². The number of aromatic nitrogens is 4. The van der Waals surface area contributed by atoms with Gasteiger partial charge in [-0.3, -0.25) is 9.59 Å². The average molecular weight is 245 g/mol. The second-order valence-electron chi connectivity index (χ2n) is 3.09. The first-order valence-corrected chi connectivity index (χ1v) is 4.18. The van der Waals surface area contributed by atoms with E-state index in [0.29, 0.717) is 11.0 Å². The van der Waals surface area contributed by atoms with Crippen molar-refractivity contribution in [3.8, 4) is 0 Å². The minimum Gasteiger partial charge on any atom is -0.480 e. The van der Waals surface area contributed by atoms with Gasteiger partial charge in [-0.15, -0.1) is 12.4 Å². The van der Waals surface area contributed by atoms with E-state index in [2.05, 4.69) is 10.1 Å². The number of halogens is 1. The summed E-state index contributed by atoms with van der Waals surface area (Å²) in [7, 11) is 1.67. The van der Waals surface area contributed by atoms with Crippen LogP contribution in [0.4, 0.5) is 0 Å². The molecule has 1 N–H and O–H groups in total. The van der Waals surface area contributed by atoms with E-state index >= 15 is 0 Å². The molecule has 0 spiro atoms. The lowest BCUT2D eigenvalue weighted by Gasteiger charge is -2.00. The number of aryl methyl sites for hydroxylation is 1. The largest absolute Gasteiger partial charge is 0.480 e. The average Bonchev–Trinajstić information content (AvgIpc) is 2.53. The lowest BCUT2D eigenvalue weighted by atomic mass is 10.4. The number of fused-ring (bicyclic) bond motifs is 1. The maximum Gasteiger partial charge on any atom is 0.325 e. The Balaban J connectivity index is 0.00000128. The molecule has 0 radical (unpaired) electrons. The van der Waals surface area contributed by atoms with Gasteiger partial charge in [0, 0.05) is 7.05 Å². The predicted octanol–water partition coefficient (Wildman–Crippen LogP) is -0.364. The standard InChI is InChI=1S/C8H8N4O3.ClH/c1-11-4-9-5-2-10-12(3-6(13)14)8(15)7(5)11;/h2,4H,3H2,1H3,(H,13,14);1H. The zero-order chi connectivity index (χ0) is 11.0. The molecule has 0 saturated heterocycles. The van der Waals surface area contributed by atoms with Gasteiger partial charge in [0.1, 0.15) is 17.6 Å². The Hall–Kier alpha value is -1.89. The summed E-state index contributed by atoms with van der Waals surface area (Å²) in [6.07, 6.45) is 2.86. The fourth-order valence-corrected chi connectivity index (χ4v) is 1.34. The maximum atomic E-state index is 11.7. The van der Waals surface area contributed by atoms with Gasteiger partial charge in [0.25, 0.3) is 5.56 Å². The number of hydrogen-bond donors (Lipinski definition) is 1. The van der Waals surface area contributed by atoms with Crippen LogP contribution in [0, 0.1) is 0 Å². The van der Waals surface area contributed by atoms with Crippen LogP contribution in [0.2, 0.25) is 0 Å². The number of imidazole rings is 1. The van der Waals surface area contributed by atoms with Gasteiger partial charge >= 0.3 is 5.97 Å². The van der Waals surface area contributed by atoms with Crippen molar-refractivity contribution in [1.29, 1.82) is 0 Å². The highest BCUT2D eigenvalue weighted by Crippen LogP contribution is 2.03. The van der Waals surface area contributed by atoms with E-state index in [9.17, 15) is 9.59 Å². The molecule has 0 fully saturated rings. The summed E-state index contributed by atoms with van der Waals surface area (Å²) in [6, 6.07) is 0. The molecule has 7 nitrogen and oxygen atoms in total. The van der Waals surface area contributed by atoms with Gasteiger partial charge in [-0.05, 0) is 0 Å². The minimum absolute atomic E-state index is 0. The Morgan fingerprint density at radius 3 is 2.88 bits per heavy atom. The van der Waals surface area contributed by atoms with Gasteiger partial charge in [0.05, 0.1) is 12.5 Å². The quantitative estimate of drug-likeness (QED) is 0.779. The van der Waals surface area contributed by atoms with E-state index in [4.69, 9.17) is 5.11 Å². The number of hydrogen-bond acceptors (Lipinski definition) is 4. The summed E-state index contributed by atoms with van der Waals surface area (Å²) in [5.41, 5.74) is 0.366. The van der Waals surface area contributed by atoms with E-state index in [-0.39, 0.29) is 12.4 Å². The van der Waals surface area contributed by atoms with Gasteiger partial charge in [-0.1, -0.05) is 0 Å². The first-order valence-electron chi connectivity index (χ1n) is 4.18. The first kappa shape index (κ1) is 12.2. The molecule has 0 atom stereocenters. The van der Waals surface area contributed by atoms with Crippen LogP contribution in [0.1, 0.15) is 0 Å². The second-order valence-corrected chi connectivity index (χ2v) is 3.09. The summed E-state index contributed by atoms with van der Waals surface area (Å²) >= 11 is 0. The molecule has 2 aromatic heterocycles. The summed E-state index contributed by atoms with van der Waals surface area (Å²) < 4.78 is 2.43. The zero-order valence-electron chi connectivity index (χ0n) is 8.32. The van der Waals surface area contributed by atoms with Crippen LogP contribution in [0.25, 0.3) is 11.0 Å². The Morgan fingerprint density at radius 2 is 2.25 bits per heavy atom. The van der Waals surface area contributed by atoms with E-state index < -0.39 is 18.1 Å². The molecular formula is C8H9ClN4O3. The fourth-order valence-electron chi connectivity index (χ4n) is 1.34. The molecule has 2 rings (SSSR count). The van der Waals surface area contributed by atoms with Crippen LogP contribution in [0.15, 0.2) is 17.3 Å². The van der Waals surface area contributed by atoms with Crippen molar-refractivity contribution in [2.45, 2.75) is 6.54 Å². The van der Waals surface area contributed by atoms with Gasteiger partial charge in [-0.25, -0.2) is 9.67 Å². The zero-order valence-corrected chi connectivity index (χ0v) is 9.14. The number of nitrogens with zero attached hydrogens (tertiary/aromatic N) is 4. The van der Waals surface area contributed by atoms with Crippen molar-refractivity contribution in [2.24, 2.45) is 7.05 Å². The third kappa shape index (κ3) is 1.89. The molecule has 0 aliphatic heterocycles. The predicted molar refractivity (Wildman–Crippen MR) is 57.7 cm³/mol. The molecule has 2 heterocycles. The molecule has 0 saturated carbocycles. The Labute approximate surface area is 95.7 Å². The topological polar surface area (TPSA) is 90.0 Å². The molecule has 0 unspecified atom stereocenters. The minimum atomic E-state index is -1.11. The highest BCUT2D eigenvalue weighted by Gasteiger charge is 2.10. The number of carboxylic acid groups (broad SMARTS) is 1. The van der Waals surface area contributed by atoms with Crippen molar-refractivity contribution in [2.75, 3.05) is 0 Å². The summed E-state index contributed by atoms with van der Waals surface area (Å²) in [4.78, 5) is 26.1. The number of carbonyl (C=O) groups is 1. The maximum absolute atomic E-state index is 11.7. The van der Waals surface area contributed by atoms with Gasteiger partial charge in [0.15, 0.2) is 0 Å². The van der Waals surface area contributed by atoms with E-state index in [1.165, 1.54) is 17.1 Å². The second kappa shape index (κ2) is 4.31. The van der Waals surface area contributed by atoms with Crippen LogP contribution in [0.3, 0.4) is 0 Å². The monoisotopic (exact) mass is 244 g/mol. The van der Waals surface area contributed by atoms with Gasteiger partial charge in [-0.2, -0.15) is 5.10 Å². The summed E-state index contributed by atoms with van der Waals surface area (Å²) in [5.74, 6) is -1.11. The fraction of sp³-hybridized carbons (Fsp3) is 0.250. The molecule has 0 bridgehead atoms. The van der Waals surface area contributed by atoms with Crippen LogP contribution < -0.4 is 5.56 Å². The number of aliphatic carboxylic acids is 1. The molecule has 8 heteroatoms. The Morgan fingerprint density at radius 1 is 1.56 bits per heavy atom. The SMILES string of the molecule is Cl.Cn1cnc2cnn(CC(=O)O)c(=O)c21. The van der Waals surface area contributed by atoms with Crippen molar-refractivity contribution in [3.63, 3.8) is 0 Å². The lowest BCUT2D eigenvalue weighted by molar-refractivity contribution is -0.137. The van der Waals surface area contributed by atoms with Crippen LogP contribution in [-0.2, 0) is 18.4 Å². The molecular weight excluding hydrogens is 236 g/mol. The van der Waals surface area contributed by atoms with E-state index in [0.717, 1.165) is 4.68 Å². The summed E-state index contributed by atoms with van der Waals surface area (Å²) in [6.45, 7) is -0.444. The van der Waals surface area contributed by atoms with Crippen molar-refractivity contribution in [3.05, 3.63) is 22.9 Å². The Kier molecular flexibility index (Phi) is 3.28. The number of rotatable bonds is 2. The normalized spacial score (nSPS) is 10.1. The molecule has 0 aliphatic carbocycles. The molecule has 0 amide bonds. The van der Waals surface area contributed by atoms with Crippen molar-refractivity contribution >= 4 is 29.4 Å². The molecule has 86 valence electrons. The number of carboxylic acids is 1. The van der Waals surface area contributed by atoms with E-state index in [1.54, 1.807) is 7.05 Å². The Bertz CT molecular complexity index is 588. The third-order valence-electron chi connectivity index (χ3n) is 2.01. The molecule has 0 aromatic carbocycles. The highest BCUT2D eigenvalue weighted by molar-refractivity contribution is 5.85. The summed E-state index contributed by atoms with van der Waals surface area (Å²) in [5, 5.41) is 12.3. The highest BCUT2D eigenvalue weighted by atomic mass is 35.5. The third-order valence-corrected chi connectivity index (χ3v) is 2.01. The van der Waals surface area contributed by atoms with Crippen molar-refractivity contribution < 1.29 is 9.90 Å². The smallest absolute Gasteiger partial charge is 0.325 e. The van der Waals surface area contributed by atoms with Crippen molar-refractivity contribution in [1.82, 2.24) is 19.3 Å². The van der Waals surface area contributed by atoms with Crippen LogP contribution >= 0.6 is 12.4 Å². The lowest BCUT2D eigenvalue weighted by Crippen LogP contribution is -2.27. The van der Waals surface area contributed by atoms with E-state index in [1.807, 2.05) is 0 Å². The molecule has 2 aromatic rings. The molecule has 0 aliphatic rings. The molecule has 16 heavy (non-hydrogen) atoms. The first-order chi connectivity index (χ1) is 7.09. The van der Waals surface area contributed by atoms with Gasteiger partial charge < -0.3 is 9.67 Å². The van der Waals surface area contributed by atoms with Crippen LogP contribution in [0.5, 0.6) is 0 Å². The van der Waals surface area contributed by atoms with Crippen LogP contribution in [-0.4, -0.2) is 30.4 Å².